The van der Waals surface area contributed by atoms with E-state index in [0.29, 0.717) is 13.2 Å². The number of hydrogen-bond acceptors (Lipinski definition) is 4. The summed E-state index contributed by atoms with van der Waals surface area (Å²) < 4.78 is 25.2. The van der Waals surface area contributed by atoms with E-state index in [-0.39, 0.29) is 0 Å². The Balaban J connectivity index is 0.000000396. The fraction of sp³-hybridized carbons (Fsp3) is 0.571. The molecule has 4 nitrogen and oxygen atoms in total. The van der Waals surface area contributed by atoms with E-state index in [1.807, 2.05) is 18.2 Å². The maximum absolute atomic E-state index is 10.3. The van der Waals surface area contributed by atoms with Crippen LogP contribution in [0, 0.1) is 0 Å². The standard InChI is InChI=1S/C10H16OSi.C4H10O3P/c1-12(2,3)11-9-10-7-5-4-6-8-10;1-3-6-8(5)7-4-2/h4-8H,9H2,1-3H3;3-4H2,1-2H3/q;+1. The van der Waals surface area contributed by atoms with Gasteiger partial charge in [0.25, 0.3) is 0 Å². The average molecular weight is 317 g/mol. The molecule has 0 amide bonds. The molecular formula is C14H26O4PSi+. The summed E-state index contributed by atoms with van der Waals surface area (Å²) in [6, 6.07) is 10.3. The van der Waals surface area contributed by atoms with Crippen molar-refractivity contribution < 1.29 is 18.0 Å². The van der Waals surface area contributed by atoms with Crippen LogP contribution < -0.4 is 0 Å². The lowest BCUT2D eigenvalue weighted by Gasteiger charge is -2.16. The molecule has 0 saturated carbocycles. The van der Waals surface area contributed by atoms with Gasteiger partial charge < -0.3 is 4.43 Å². The lowest BCUT2D eigenvalue weighted by Crippen LogP contribution is -2.24. The van der Waals surface area contributed by atoms with E-state index < -0.39 is 16.6 Å². The topological polar surface area (TPSA) is 44.8 Å². The quantitative estimate of drug-likeness (QED) is 0.537. The lowest BCUT2D eigenvalue weighted by atomic mass is 10.2. The zero-order chi connectivity index (χ0) is 15.4. The van der Waals surface area contributed by atoms with E-state index in [4.69, 9.17) is 4.43 Å². The van der Waals surface area contributed by atoms with Crippen LogP contribution in [0.4, 0.5) is 0 Å². The molecule has 0 saturated heterocycles. The summed E-state index contributed by atoms with van der Waals surface area (Å²) >= 11 is 0. The van der Waals surface area contributed by atoms with Gasteiger partial charge in [-0.25, -0.2) is 0 Å². The Kier molecular flexibility index (Phi) is 10.8. The zero-order valence-corrected chi connectivity index (χ0v) is 15.0. The van der Waals surface area contributed by atoms with Gasteiger partial charge in [-0.2, -0.15) is 0 Å². The van der Waals surface area contributed by atoms with Gasteiger partial charge in [-0.15, -0.1) is 9.05 Å². The molecule has 0 N–H and O–H groups in total. The van der Waals surface area contributed by atoms with Crippen molar-refractivity contribution in [3.05, 3.63) is 35.9 Å². The molecule has 0 bridgehead atoms. The normalized spacial score (nSPS) is 10.7. The Hall–Kier alpha value is -0.583. The largest absolute Gasteiger partial charge is 0.697 e. The van der Waals surface area contributed by atoms with Crippen LogP contribution in [0.3, 0.4) is 0 Å². The van der Waals surface area contributed by atoms with Crippen molar-refractivity contribution in [1.82, 2.24) is 0 Å². The average Bonchev–Trinajstić information content (AvgIpc) is 2.38. The molecule has 0 heterocycles. The summed E-state index contributed by atoms with van der Waals surface area (Å²) in [5.74, 6) is 0. The Bertz CT molecular complexity index is 357. The molecule has 0 aromatic heterocycles. The van der Waals surface area contributed by atoms with Gasteiger partial charge in [0.2, 0.25) is 0 Å². The highest BCUT2D eigenvalue weighted by Crippen LogP contribution is 2.21. The number of benzene rings is 1. The smallest absolute Gasteiger partial charge is 0.413 e. The third-order valence-corrected chi connectivity index (χ3v) is 3.93. The molecule has 6 heteroatoms. The van der Waals surface area contributed by atoms with Crippen molar-refractivity contribution >= 4 is 16.6 Å². The highest BCUT2D eigenvalue weighted by Gasteiger charge is 2.15. The fourth-order valence-electron chi connectivity index (χ4n) is 1.12. The third kappa shape index (κ3) is 12.5. The molecule has 114 valence electrons. The molecule has 0 aliphatic heterocycles. The SMILES string of the molecule is CCO[P+](=O)OCC.C[Si](C)(C)OCc1ccccc1. The molecule has 0 spiro atoms. The summed E-state index contributed by atoms with van der Waals surface area (Å²) in [5.41, 5.74) is 1.26. The molecule has 0 aliphatic rings. The molecule has 0 radical (unpaired) electrons. The van der Waals surface area contributed by atoms with E-state index in [0.717, 1.165) is 6.61 Å². The first-order valence-corrected chi connectivity index (χ1v) is 11.3. The molecule has 20 heavy (non-hydrogen) atoms. The summed E-state index contributed by atoms with van der Waals surface area (Å²) in [6.07, 6.45) is 0. The van der Waals surface area contributed by atoms with Gasteiger partial charge in [-0.05, 0) is 39.1 Å². The highest BCUT2D eigenvalue weighted by molar-refractivity contribution is 7.33. The summed E-state index contributed by atoms with van der Waals surface area (Å²) in [5, 5.41) is 0. The van der Waals surface area contributed by atoms with Gasteiger partial charge in [0.1, 0.15) is 13.2 Å². The minimum absolute atomic E-state index is 0.440. The van der Waals surface area contributed by atoms with Crippen LogP contribution in [0.15, 0.2) is 30.3 Å². The van der Waals surface area contributed by atoms with Gasteiger partial charge in [0, 0.05) is 4.57 Å². The van der Waals surface area contributed by atoms with Crippen molar-refractivity contribution in [2.75, 3.05) is 13.2 Å². The molecule has 0 atom stereocenters. The second kappa shape index (κ2) is 11.1. The highest BCUT2D eigenvalue weighted by atomic mass is 31.1. The van der Waals surface area contributed by atoms with Crippen LogP contribution in [0.5, 0.6) is 0 Å². The minimum atomic E-state index is -1.83. The van der Waals surface area contributed by atoms with Crippen molar-refractivity contribution in [2.45, 2.75) is 40.1 Å². The Morgan fingerprint density at radius 1 is 1.00 bits per heavy atom. The zero-order valence-electron chi connectivity index (χ0n) is 13.1. The van der Waals surface area contributed by atoms with Crippen molar-refractivity contribution in [2.24, 2.45) is 0 Å². The van der Waals surface area contributed by atoms with Crippen LogP contribution in [-0.2, 0) is 24.6 Å². The second-order valence-electron chi connectivity index (χ2n) is 4.95. The molecule has 0 fully saturated rings. The predicted molar refractivity (Wildman–Crippen MR) is 85.4 cm³/mol. The van der Waals surface area contributed by atoms with Crippen molar-refractivity contribution in [3.8, 4) is 0 Å². The predicted octanol–water partition coefficient (Wildman–Crippen LogP) is 4.75. The Labute approximate surface area is 124 Å². The number of hydrogen-bond donors (Lipinski definition) is 0. The van der Waals surface area contributed by atoms with Gasteiger partial charge in [-0.1, -0.05) is 30.3 Å². The Morgan fingerprint density at radius 2 is 1.50 bits per heavy atom. The molecule has 1 aromatic carbocycles. The molecule has 0 unspecified atom stereocenters. The summed E-state index contributed by atoms with van der Waals surface area (Å²) in [6.45, 7) is 11.8. The van der Waals surface area contributed by atoms with Gasteiger partial charge in [0.05, 0.1) is 6.61 Å². The first-order chi connectivity index (χ1) is 9.39. The van der Waals surface area contributed by atoms with E-state index in [9.17, 15) is 4.57 Å². The van der Waals surface area contributed by atoms with E-state index in [1.165, 1.54) is 5.56 Å². The molecular weight excluding hydrogens is 291 g/mol. The maximum Gasteiger partial charge on any atom is 0.697 e. The van der Waals surface area contributed by atoms with Crippen LogP contribution in [0.2, 0.25) is 19.6 Å². The lowest BCUT2D eigenvalue weighted by molar-refractivity contribution is 0.243. The van der Waals surface area contributed by atoms with E-state index in [1.54, 1.807) is 13.8 Å². The summed E-state index contributed by atoms with van der Waals surface area (Å²) in [7, 11) is -3.17. The van der Waals surface area contributed by atoms with Crippen LogP contribution in [-0.4, -0.2) is 21.5 Å². The van der Waals surface area contributed by atoms with Crippen LogP contribution >= 0.6 is 8.25 Å². The second-order valence-corrected chi connectivity index (χ2v) is 10.4. The van der Waals surface area contributed by atoms with Gasteiger partial charge in [0.15, 0.2) is 8.32 Å². The first kappa shape index (κ1) is 19.4. The maximum atomic E-state index is 10.3. The third-order valence-electron chi connectivity index (χ3n) is 1.98. The van der Waals surface area contributed by atoms with Gasteiger partial charge in [-0.3, -0.25) is 0 Å². The molecule has 0 aliphatic carbocycles. The molecule has 1 rings (SSSR count). The Morgan fingerprint density at radius 3 is 1.90 bits per heavy atom. The van der Waals surface area contributed by atoms with Crippen LogP contribution in [0.1, 0.15) is 19.4 Å². The van der Waals surface area contributed by atoms with E-state index in [2.05, 4.69) is 40.8 Å². The summed E-state index contributed by atoms with van der Waals surface area (Å²) in [4.78, 5) is 0. The van der Waals surface area contributed by atoms with Crippen molar-refractivity contribution in [3.63, 3.8) is 0 Å². The fourth-order valence-corrected chi connectivity index (χ4v) is 2.22. The van der Waals surface area contributed by atoms with E-state index >= 15 is 0 Å². The van der Waals surface area contributed by atoms with Crippen molar-refractivity contribution in [1.29, 1.82) is 0 Å². The first-order valence-electron chi connectivity index (χ1n) is 6.80. The minimum Gasteiger partial charge on any atom is -0.413 e. The monoisotopic (exact) mass is 317 g/mol. The molecule has 1 aromatic rings. The van der Waals surface area contributed by atoms with Crippen LogP contribution in [0.25, 0.3) is 0 Å². The number of rotatable bonds is 7. The van der Waals surface area contributed by atoms with Gasteiger partial charge >= 0.3 is 8.25 Å².